The SMILES string of the molecule is CCOC(=O)Cc1csc(NS(=O)(=O)c2cn(-c3ccccc3)nc2C)n1. The number of esters is 1. The number of nitrogens with one attached hydrogen (secondary N) is 1. The quantitative estimate of drug-likeness (QED) is 0.605. The number of thiazole rings is 1. The van der Waals surface area contributed by atoms with Gasteiger partial charge in [0.15, 0.2) is 5.13 Å². The van der Waals surface area contributed by atoms with Crippen LogP contribution in [0.5, 0.6) is 0 Å². The number of anilines is 1. The van der Waals surface area contributed by atoms with Crippen LogP contribution in [0.1, 0.15) is 18.3 Å². The summed E-state index contributed by atoms with van der Waals surface area (Å²) in [6, 6.07) is 9.23. The second-order valence-electron chi connectivity index (χ2n) is 5.59. The maximum Gasteiger partial charge on any atom is 0.311 e. The van der Waals surface area contributed by atoms with E-state index in [0.717, 1.165) is 17.0 Å². The number of rotatable bonds is 7. The monoisotopic (exact) mass is 406 g/mol. The maximum absolute atomic E-state index is 12.7. The van der Waals surface area contributed by atoms with Gasteiger partial charge in [0.1, 0.15) is 4.90 Å². The molecule has 0 atom stereocenters. The minimum atomic E-state index is -3.86. The fraction of sp³-hybridized carbons (Fsp3) is 0.235. The maximum atomic E-state index is 12.7. The van der Waals surface area contributed by atoms with Crippen molar-refractivity contribution < 1.29 is 17.9 Å². The fourth-order valence-electron chi connectivity index (χ4n) is 2.39. The highest BCUT2D eigenvalue weighted by Crippen LogP contribution is 2.23. The van der Waals surface area contributed by atoms with E-state index in [1.807, 2.05) is 30.3 Å². The molecule has 1 aromatic carbocycles. The van der Waals surface area contributed by atoms with Crippen molar-refractivity contribution in [3.05, 3.63) is 53.3 Å². The summed E-state index contributed by atoms with van der Waals surface area (Å²) < 4.78 is 34.2. The Morgan fingerprint density at radius 3 is 2.74 bits per heavy atom. The highest BCUT2D eigenvalue weighted by molar-refractivity contribution is 7.93. The Hall–Kier alpha value is -2.72. The average Bonchev–Trinajstić information content (AvgIpc) is 3.22. The first kappa shape index (κ1) is 19.1. The minimum Gasteiger partial charge on any atom is -0.466 e. The Labute approximate surface area is 160 Å². The molecule has 0 spiro atoms. The van der Waals surface area contributed by atoms with Gasteiger partial charge in [0.05, 0.1) is 36.3 Å². The molecule has 27 heavy (non-hydrogen) atoms. The average molecular weight is 406 g/mol. The topological polar surface area (TPSA) is 103 Å². The summed E-state index contributed by atoms with van der Waals surface area (Å²) >= 11 is 1.10. The lowest BCUT2D eigenvalue weighted by Gasteiger charge is -2.03. The number of carbonyl (C=O) groups is 1. The predicted molar refractivity (Wildman–Crippen MR) is 102 cm³/mol. The lowest BCUT2D eigenvalue weighted by Crippen LogP contribution is -2.13. The van der Waals surface area contributed by atoms with Crippen molar-refractivity contribution in [2.24, 2.45) is 0 Å². The third kappa shape index (κ3) is 4.52. The Morgan fingerprint density at radius 2 is 2.04 bits per heavy atom. The normalized spacial score (nSPS) is 11.3. The second kappa shape index (κ2) is 7.89. The summed E-state index contributed by atoms with van der Waals surface area (Å²) in [6.07, 6.45) is 1.46. The molecule has 0 saturated heterocycles. The van der Waals surface area contributed by atoms with E-state index in [-0.39, 0.29) is 23.1 Å². The van der Waals surface area contributed by atoms with Crippen molar-refractivity contribution in [3.63, 3.8) is 0 Å². The first-order chi connectivity index (χ1) is 12.9. The summed E-state index contributed by atoms with van der Waals surface area (Å²) in [4.78, 5) is 15.7. The summed E-state index contributed by atoms with van der Waals surface area (Å²) in [5, 5.41) is 6.07. The van der Waals surface area contributed by atoms with Crippen molar-refractivity contribution in [2.75, 3.05) is 11.3 Å². The van der Waals surface area contributed by atoms with E-state index < -0.39 is 16.0 Å². The van der Waals surface area contributed by atoms with Crippen LogP contribution in [0.2, 0.25) is 0 Å². The molecule has 0 aliphatic rings. The van der Waals surface area contributed by atoms with E-state index in [4.69, 9.17) is 4.74 Å². The van der Waals surface area contributed by atoms with Gasteiger partial charge in [0, 0.05) is 5.38 Å². The van der Waals surface area contributed by atoms with Crippen molar-refractivity contribution in [1.29, 1.82) is 0 Å². The number of para-hydroxylation sites is 1. The van der Waals surface area contributed by atoms with Crippen molar-refractivity contribution >= 4 is 32.5 Å². The van der Waals surface area contributed by atoms with Crippen LogP contribution < -0.4 is 4.72 Å². The van der Waals surface area contributed by atoms with Crippen LogP contribution in [-0.4, -0.2) is 35.8 Å². The molecule has 0 fully saturated rings. The third-order valence-corrected chi connectivity index (χ3v) is 5.95. The van der Waals surface area contributed by atoms with Gasteiger partial charge in [-0.15, -0.1) is 11.3 Å². The smallest absolute Gasteiger partial charge is 0.311 e. The first-order valence-electron chi connectivity index (χ1n) is 8.13. The zero-order valence-corrected chi connectivity index (χ0v) is 16.4. The van der Waals surface area contributed by atoms with Gasteiger partial charge in [-0.25, -0.2) is 18.1 Å². The molecule has 0 amide bonds. The van der Waals surface area contributed by atoms with E-state index >= 15 is 0 Å². The van der Waals surface area contributed by atoms with Crippen LogP contribution in [0.3, 0.4) is 0 Å². The van der Waals surface area contributed by atoms with Crippen LogP contribution >= 0.6 is 11.3 Å². The molecule has 0 saturated carbocycles. The zero-order valence-electron chi connectivity index (χ0n) is 14.7. The Bertz CT molecular complexity index is 1040. The zero-order chi connectivity index (χ0) is 19.4. The second-order valence-corrected chi connectivity index (χ2v) is 8.10. The molecule has 3 rings (SSSR count). The first-order valence-corrected chi connectivity index (χ1v) is 10.5. The number of carbonyl (C=O) groups excluding carboxylic acids is 1. The Balaban J connectivity index is 1.79. The molecular formula is C17H18N4O4S2. The molecule has 0 radical (unpaired) electrons. The molecule has 8 nitrogen and oxygen atoms in total. The van der Waals surface area contributed by atoms with Crippen molar-refractivity contribution in [2.45, 2.75) is 25.2 Å². The number of ether oxygens (including phenoxy) is 1. The van der Waals surface area contributed by atoms with E-state index in [1.165, 1.54) is 10.9 Å². The van der Waals surface area contributed by atoms with Crippen molar-refractivity contribution in [1.82, 2.24) is 14.8 Å². The van der Waals surface area contributed by atoms with Gasteiger partial charge >= 0.3 is 5.97 Å². The van der Waals surface area contributed by atoms with E-state index in [0.29, 0.717) is 11.4 Å². The molecule has 2 heterocycles. The van der Waals surface area contributed by atoms with Crippen LogP contribution in [0.25, 0.3) is 5.69 Å². The molecule has 1 N–H and O–H groups in total. The lowest BCUT2D eigenvalue weighted by molar-refractivity contribution is -0.142. The van der Waals surface area contributed by atoms with E-state index in [1.54, 1.807) is 19.2 Å². The number of benzene rings is 1. The summed E-state index contributed by atoms with van der Waals surface area (Å²) in [6.45, 7) is 3.63. The number of sulfonamides is 1. The highest BCUT2D eigenvalue weighted by Gasteiger charge is 2.22. The van der Waals surface area contributed by atoms with E-state index in [2.05, 4.69) is 14.8 Å². The summed E-state index contributed by atoms with van der Waals surface area (Å²) in [7, 11) is -3.86. The minimum absolute atomic E-state index is 0.00294. The predicted octanol–water partition coefficient (Wildman–Crippen LogP) is 2.54. The molecule has 0 aliphatic carbocycles. The molecule has 0 bridgehead atoms. The van der Waals surface area contributed by atoms with Gasteiger partial charge < -0.3 is 4.74 Å². The van der Waals surface area contributed by atoms with Crippen LogP contribution in [0, 0.1) is 6.92 Å². The van der Waals surface area contributed by atoms with Gasteiger partial charge in [0.2, 0.25) is 0 Å². The van der Waals surface area contributed by atoms with Crippen LogP contribution in [-0.2, 0) is 26.0 Å². The molecular weight excluding hydrogens is 388 g/mol. The molecule has 142 valence electrons. The number of aromatic nitrogens is 3. The van der Waals surface area contributed by atoms with E-state index in [9.17, 15) is 13.2 Å². The summed E-state index contributed by atoms with van der Waals surface area (Å²) in [5.41, 5.74) is 1.58. The largest absolute Gasteiger partial charge is 0.466 e. The molecule has 0 aliphatic heterocycles. The number of hydrogen-bond donors (Lipinski definition) is 1. The van der Waals surface area contributed by atoms with Gasteiger partial charge in [-0.2, -0.15) is 5.10 Å². The lowest BCUT2D eigenvalue weighted by atomic mass is 10.3. The number of aryl methyl sites for hydroxylation is 1. The highest BCUT2D eigenvalue weighted by atomic mass is 32.2. The van der Waals surface area contributed by atoms with Crippen molar-refractivity contribution in [3.8, 4) is 5.69 Å². The Morgan fingerprint density at radius 1 is 1.30 bits per heavy atom. The molecule has 3 aromatic rings. The number of hydrogen-bond acceptors (Lipinski definition) is 7. The van der Waals surface area contributed by atoms with Crippen LogP contribution in [0.15, 0.2) is 46.8 Å². The molecule has 0 unspecified atom stereocenters. The molecule has 2 aromatic heterocycles. The summed E-state index contributed by atoms with van der Waals surface area (Å²) in [5.74, 6) is -0.405. The molecule has 10 heteroatoms. The standard InChI is InChI=1S/C17H18N4O4S2/c1-3-25-16(22)9-13-11-26-17(18-13)20-27(23,24)15-10-21(19-12(15)2)14-7-5-4-6-8-14/h4-8,10-11H,3,9H2,1-2H3,(H,18,20). The van der Waals surface area contributed by atoms with Gasteiger partial charge in [-0.1, -0.05) is 18.2 Å². The van der Waals surface area contributed by atoms with Gasteiger partial charge in [0.25, 0.3) is 10.0 Å². The van der Waals surface area contributed by atoms with Crippen LogP contribution in [0.4, 0.5) is 5.13 Å². The van der Waals surface area contributed by atoms with Gasteiger partial charge in [-0.05, 0) is 26.0 Å². The van der Waals surface area contributed by atoms with Gasteiger partial charge in [-0.3, -0.25) is 9.52 Å². The fourth-order valence-corrected chi connectivity index (χ4v) is 4.52. The Kier molecular flexibility index (Phi) is 5.57. The third-order valence-electron chi connectivity index (χ3n) is 3.57. The number of nitrogens with zero attached hydrogens (tertiary/aromatic N) is 3.